The van der Waals surface area contributed by atoms with Crippen LogP contribution in [0.25, 0.3) is 43.4 Å². The summed E-state index contributed by atoms with van der Waals surface area (Å²) in [7, 11) is -3.40. The number of rotatable bonds is 4. The zero-order valence-electron chi connectivity index (χ0n) is 23.4. The summed E-state index contributed by atoms with van der Waals surface area (Å²) in [6.45, 7) is 14.5. The Morgan fingerprint density at radius 2 is 0.658 bits per heavy atom. The van der Waals surface area contributed by atoms with Crippen LogP contribution in [0, 0.1) is 0 Å². The summed E-state index contributed by atoms with van der Waals surface area (Å²) in [4.78, 5) is 0. The number of benzene rings is 5. The number of hydrogen-bond donors (Lipinski definition) is 0. The molecule has 0 bridgehead atoms. The van der Waals surface area contributed by atoms with Crippen molar-refractivity contribution in [2.75, 3.05) is 0 Å². The minimum Gasteiger partial charge on any atom is -0.112 e. The fraction of sp³-hybridized carbons (Fsp3) is 0.167. The molecule has 2 heteroatoms. The lowest BCUT2D eigenvalue weighted by Gasteiger charge is -2.20. The van der Waals surface area contributed by atoms with Crippen molar-refractivity contribution >= 4 is 59.5 Å². The van der Waals surface area contributed by atoms with Crippen LogP contribution in [-0.4, -0.2) is 16.1 Å². The lowest BCUT2D eigenvalue weighted by Crippen LogP contribution is -2.24. The summed E-state index contributed by atoms with van der Waals surface area (Å²) in [5.74, 6) is 0. The molecular weight excluding hydrogens is 489 g/mol. The van der Waals surface area contributed by atoms with Crippen molar-refractivity contribution < 1.29 is 0 Å². The standard InChI is InChI=1S/C36H36Si2/c1-37(2,3)35(27-17-9-7-10-18-27)25-33-29-21-13-15-23-31(29)34(32-24-16-14-22-30(32)33)26-36(38(4,5)6)28-19-11-8-12-20-28/h7-24H,1-6H3. The average Bonchev–Trinajstić information content (AvgIpc) is 2.90. The number of fused-ring (bicyclic) bond motifs is 2. The van der Waals surface area contributed by atoms with E-state index in [0.29, 0.717) is 0 Å². The lowest BCUT2D eigenvalue weighted by atomic mass is 9.98. The van der Waals surface area contributed by atoms with E-state index < -0.39 is 16.1 Å². The van der Waals surface area contributed by atoms with Gasteiger partial charge < -0.3 is 0 Å². The predicted octanol–water partition coefficient (Wildman–Crippen LogP) is 8.67. The molecule has 0 radical (unpaired) electrons. The van der Waals surface area contributed by atoms with Crippen LogP contribution in [0.3, 0.4) is 0 Å². The molecule has 0 N–H and O–H groups in total. The van der Waals surface area contributed by atoms with Gasteiger partial charge in [-0.3, -0.25) is 0 Å². The first-order valence-corrected chi connectivity index (χ1v) is 20.5. The van der Waals surface area contributed by atoms with Gasteiger partial charge >= 0.3 is 0 Å². The molecule has 0 spiro atoms. The first kappa shape index (κ1) is 26.0. The van der Waals surface area contributed by atoms with Gasteiger partial charge in [-0.1, -0.05) is 148 Å². The van der Waals surface area contributed by atoms with E-state index >= 15 is 0 Å². The minimum absolute atomic E-state index is 1.19. The Morgan fingerprint density at radius 1 is 0.395 bits per heavy atom. The van der Waals surface area contributed by atoms with Crippen LogP contribution >= 0.6 is 0 Å². The van der Waals surface area contributed by atoms with Crippen LogP contribution in [0.1, 0.15) is 11.1 Å². The summed E-state index contributed by atoms with van der Waals surface area (Å²) in [6.07, 6.45) is 0. The summed E-state index contributed by atoms with van der Waals surface area (Å²) >= 11 is 0. The summed E-state index contributed by atoms with van der Waals surface area (Å²) in [5, 5.41) is 10.0. The highest BCUT2D eigenvalue weighted by Gasteiger charge is 2.22. The fourth-order valence-corrected chi connectivity index (χ4v) is 8.31. The van der Waals surface area contributed by atoms with Crippen molar-refractivity contribution in [3.8, 4) is 0 Å². The van der Waals surface area contributed by atoms with Crippen LogP contribution in [0.2, 0.25) is 39.3 Å². The van der Waals surface area contributed by atoms with Gasteiger partial charge in [-0.25, -0.2) is 0 Å². The van der Waals surface area contributed by atoms with Crippen molar-refractivity contribution in [2.24, 2.45) is 0 Å². The largest absolute Gasteiger partial charge is 0.112 e. The van der Waals surface area contributed by atoms with Crippen LogP contribution in [0.4, 0.5) is 0 Å². The molecule has 0 heterocycles. The highest BCUT2D eigenvalue weighted by molar-refractivity contribution is 6.94. The summed E-state index contributed by atoms with van der Waals surface area (Å²) in [5.41, 5.74) is 10.6. The molecule has 0 aliphatic carbocycles. The fourth-order valence-electron chi connectivity index (χ4n) is 5.24. The van der Waals surface area contributed by atoms with E-state index in [2.05, 4.69) is 160 Å². The average molecular weight is 525 g/mol. The second-order valence-electron chi connectivity index (χ2n) is 12.1. The van der Waals surface area contributed by atoms with Gasteiger partial charge in [0.25, 0.3) is 0 Å². The molecule has 5 aromatic rings. The molecule has 0 fully saturated rings. The second-order valence-corrected chi connectivity index (χ2v) is 22.1. The monoisotopic (exact) mass is 524 g/mol. The van der Waals surface area contributed by atoms with E-state index in [1.165, 1.54) is 53.5 Å². The highest BCUT2D eigenvalue weighted by atomic mass is 28.3. The minimum atomic E-state index is -1.70. The van der Waals surface area contributed by atoms with Crippen molar-refractivity contribution in [3.63, 3.8) is 0 Å². The molecule has 0 saturated heterocycles. The Bertz CT molecular complexity index is 1620. The van der Waals surface area contributed by atoms with Gasteiger partial charge in [-0.05, 0) is 43.1 Å². The smallest absolute Gasteiger partial charge is 0.0883 e. The van der Waals surface area contributed by atoms with Crippen LogP contribution in [0.5, 0.6) is 0 Å². The Labute approximate surface area is 229 Å². The molecule has 5 aromatic carbocycles. The molecular formula is C36H36Si2. The molecule has 0 aliphatic rings. The molecule has 5 rings (SSSR count). The van der Waals surface area contributed by atoms with Gasteiger partial charge in [0.2, 0.25) is 0 Å². The Morgan fingerprint density at radius 3 is 0.921 bits per heavy atom. The molecule has 0 aromatic heterocycles. The van der Waals surface area contributed by atoms with E-state index in [4.69, 9.17) is 0 Å². The maximum absolute atomic E-state index is 4.02. The molecule has 0 aliphatic heterocycles. The van der Waals surface area contributed by atoms with Crippen molar-refractivity contribution in [1.82, 2.24) is 0 Å². The summed E-state index contributed by atoms with van der Waals surface area (Å²) in [6, 6.07) is 39.3. The van der Waals surface area contributed by atoms with E-state index in [-0.39, 0.29) is 0 Å². The van der Waals surface area contributed by atoms with E-state index in [0.717, 1.165) is 0 Å². The predicted molar refractivity (Wildman–Crippen MR) is 174 cm³/mol. The SMILES string of the molecule is C[Si](C)(C)C(=C=c1c2ccccc2c(=C=C(c2ccccc2)[Si](C)(C)C)c2ccccc12)c1ccccc1. The second kappa shape index (κ2) is 10.3. The molecule has 0 amide bonds. The van der Waals surface area contributed by atoms with Crippen molar-refractivity contribution in [1.29, 1.82) is 0 Å². The molecule has 188 valence electrons. The maximum Gasteiger partial charge on any atom is 0.0883 e. The topological polar surface area (TPSA) is 0 Å². The van der Waals surface area contributed by atoms with Gasteiger partial charge in [0.05, 0.1) is 16.1 Å². The lowest BCUT2D eigenvalue weighted by molar-refractivity contribution is 1.62. The van der Waals surface area contributed by atoms with E-state index in [1.54, 1.807) is 0 Å². The van der Waals surface area contributed by atoms with E-state index in [1.807, 2.05) is 0 Å². The third kappa shape index (κ3) is 5.18. The van der Waals surface area contributed by atoms with Crippen molar-refractivity contribution in [2.45, 2.75) is 39.3 Å². The van der Waals surface area contributed by atoms with Gasteiger partial charge in [-0.15, -0.1) is 11.5 Å². The quantitative estimate of drug-likeness (QED) is 0.163. The summed E-state index contributed by atoms with van der Waals surface area (Å²) < 4.78 is 0. The Kier molecular flexibility index (Phi) is 7.01. The Balaban J connectivity index is 2.10. The first-order valence-electron chi connectivity index (χ1n) is 13.5. The molecule has 0 saturated carbocycles. The maximum atomic E-state index is 4.02. The van der Waals surface area contributed by atoms with Gasteiger partial charge in [0.15, 0.2) is 0 Å². The van der Waals surface area contributed by atoms with Crippen molar-refractivity contribution in [3.05, 3.63) is 131 Å². The van der Waals surface area contributed by atoms with Crippen LogP contribution < -0.4 is 10.4 Å². The van der Waals surface area contributed by atoms with Crippen LogP contribution in [-0.2, 0) is 0 Å². The first-order chi connectivity index (χ1) is 18.1. The van der Waals surface area contributed by atoms with Crippen LogP contribution in [0.15, 0.2) is 109 Å². The molecule has 0 nitrogen and oxygen atoms in total. The zero-order valence-corrected chi connectivity index (χ0v) is 25.4. The number of hydrogen-bond acceptors (Lipinski definition) is 0. The molecule has 0 unspecified atom stereocenters. The zero-order chi connectivity index (χ0) is 26.9. The third-order valence-electron chi connectivity index (χ3n) is 7.06. The van der Waals surface area contributed by atoms with E-state index in [9.17, 15) is 0 Å². The van der Waals surface area contributed by atoms with Gasteiger partial charge in [0, 0.05) is 10.4 Å². The van der Waals surface area contributed by atoms with Gasteiger partial charge in [-0.2, -0.15) is 0 Å². The normalized spacial score (nSPS) is 11.7. The molecule has 0 atom stereocenters. The highest BCUT2D eigenvalue weighted by Crippen LogP contribution is 2.27. The van der Waals surface area contributed by atoms with Gasteiger partial charge in [0.1, 0.15) is 0 Å². The third-order valence-corrected chi connectivity index (χ3v) is 10.9. The Hall–Kier alpha value is -3.65. The molecule has 38 heavy (non-hydrogen) atoms.